The number of rotatable bonds is 2. The van der Waals surface area contributed by atoms with Crippen molar-refractivity contribution < 1.29 is 16.3 Å². The summed E-state index contributed by atoms with van der Waals surface area (Å²) >= 11 is 0. The fraction of sp³-hybridized carbons (Fsp3) is 0.417. The quantitative estimate of drug-likeness (QED) is 0.559. The Morgan fingerprint density at radius 2 is 2.43 bits per heavy atom. The van der Waals surface area contributed by atoms with Crippen molar-refractivity contribution in [2.24, 2.45) is 0 Å². The monoisotopic (exact) mass is 294 g/mol. The first-order valence-corrected chi connectivity index (χ1v) is 6.48. The minimum Gasteiger partial charge on any atom is -0.394 e. The van der Waals surface area contributed by atoms with E-state index in [1.807, 2.05) is 0 Å². The number of hydrogen-bond donors (Lipinski definition) is 3. The van der Waals surface area contributed by atoms with Gasteiger partial charge >= 0.3 is 0 Å². The van der Waals surface area contributed by atoms with E-state index >= 15 is 0 Å². The Morgan fingerprint density at radius 3 is 3.19 bits per heavy atom. The molecule has 1 saturated heterocycles. The van der Waals surface area contributed by atoms with E-state index in [1.54, 1.807) is 10.6 Å². The second-order valence-corrected chi connectivity index (χ2v) is 4.94. The van der Waals surface area contributed by atoms with Crippen LogP contribution in [-0.4, -0.2) is 52.9 Å². The Kier molecular flexibility index (Phi) is 2.39. The van der Waals surface area contributed by atoms with Gasteiger partial charge in [0.15, 0.2) is 11.2 Å². The molecule has 1 aliphatic rings. The Balaban J connectivity index is 1.98. The van der Waals surface area contributed by atoms with Crippen molar-refractivity contribution in [1.82, 2.24) is 23.9 Å². The number of ether oxygens (including phenoxy) is 1. The summed E-state index contributed by atoms with van der Waals surface area (Å²) in [5.74, 6) is 0.330. The lowest BCUT2D eigenvalue weighted by Gasteiger charge is -2.14. The molecule has 3 N–H and O–H groups in total. The molecular formula is C12H13N5O4. The van der Waals surface area contributed by atoms with Gasteiger partial charge in [-0.3, -0.25) is 18.7 Å². The molecule has 9 nitrogen and oxygen atoms in total. The number of nitrogens with zero attached hydrogens (tertiary/aromatic N) is 4. The number of imidazole rings is 2. The topological polar surface area (TPSA) is 118 Å². The van der Waals surface area contributed by atoms with Crippen molar-refractivity contribution in [2.45, 2.75) is 24.9 Å². The molecule has 9 heteroatoms. The standard InChI is InChI=1S/C12H13N5O4/c18-4-7-6(19)3-8(21-7)17-5-14-9-10(20)15-12-13-1-2-16(12)11(9)17/h1-2,5-8,18-19H,3-4H2,(H,13,15,20)/t6-,7-,8-/m1/s1/i1+1,2+1,5D. The van der Waals surface area contributed by atoms with E-state index in [0.29, 0.717) is 11.4 Å². The number of aromatic nitrogens is 5. The molecule has 0 radical (unpaired) electrons. The van der Waals surface area contributed by atoms with Crippen LogP contribution in [0.3, 0.4) is 0 Å². The molecule has 110 valence electrons. The number of aliphatic hydroxyl groups is 2. The van der Waals surface area contributed by atoms with E-state index in [0.717, 1.165) is 0 Å². The van der Waals surface area contributed by atoms with E-state index in [-0.39, 0.29) is 24.8 Å². The summed E-state index contributed by atoms with van der Waals surface area (Å²) in [5.41, 5.74) is 0.0243. The van der Waals surface area contributed by atoms with Gasteiger partial charge in [-0.1, -0.05) is 0 Å². The van der Waals surface area contributed by atoms with Gasteiger partial charge in [-0.15, -0.1) is 0 Å². The summed E-state index contributed by atoms with van der Waals surface area (Å²) in [5, 5.41) is 19.1. The van der Waals surface area contributed by atoms with E-state index < -0.39 is 24.0 Å². The van der Waals surface area contributed by atoms with E-state index in [4.69, 9.17) is 6.11 Å². The Bertz CT molecular complexity index is 915. The second-order valence-electron chi connectivity index (χ2n) is 4.94. The predicted octanol–water partition coefficient (Wildman–Crippen LogP) is -0.987. The summed E-state index contributed by atoms with van der Waals surface area (Å²) in [6.07, 6.45) is 0.960. The molecule has 4 heterocycles. The lowest BCUT2D eigenvalue weighted by atomic mass is 10.2. The van der Waals surface area contributed by atoms with E-state index in [1.165, 1.54) is 10.8 Å². The maximum atomic E-state index is 12.1. The van der Waals surface area contributed by atoms with Crippen LogP contribution in [0.5, 0.6) is 0 Å². The third-order valence-corrected chi connectivity index (χ3v) is 3.69. The highest BCUT2D eigenvalue weighted by atomic mass is 16.5. The van der Waals surface area contributed by atoms with Crippen LogP contribution >= 0.6 is 0 Å². The molecule has 0 spiro atoms. The number of nitrogens with one attached hydrogen (secondary N) is 1. The maximum Gasteiger partial charge on any atom is 0.280 e. The van der Waals surface area contributed by atoms with Gasteiger partial charge in [0, 0.05) is 18.8 Å². The maximum absolute atomic E-state index is 12.1. The molecule has 3 aromatic rings. The molecule has 4 rings (SSSR count). The zero-order chi connectivity index (χ0) is 15.4. The van der Waals surface area contributed by atoms with Crippen LogP contribution < -0.4 is 5.56 Å². The van der Waals surface area contributed by atoms with Gasteiger partial charge in [-0.25, -0.2) is 9.97 Å². The summed E-state index contributed by atoms with van der Waals surface area (Å²) in [4.78, 5) is 22.6. The Labute approximate surface area is 118 Å². The molecule has 1 fully saturated rings. The van der Waals surface area contributed by atoms with Crippen LogP contribution in [0.25, 0.3) is 16.9 Å². The molecule has 1 aliphatic heterocycles. The van der Waals surface area contributed by atoms with Crippen LogP contribution in [0, 0.1) is 0 Å². The predicted molar refractivity (Wildman–Crippen MR) is 70.7 cm³/mol. The normalized spacial score (nSPS) is 26.8. The molecule has 0 amide bonds. The van der Waals surface area contributed by atoms with E-state index in [9.17, 15) is 15.0 Å². The highest BCUT2D eigenvalue weighted by Gasteiger charge is 2.35. The Morgan fingerprint density at radius 1 is 1.57 bits per heavy atom. The summed E-state index contributed by atoms with van der Waals surface area (Å²) in [7, 11) is 0. The fourth-order valence-corrected chi connectivity index (χ4v) is 2.66. The Hall–Kier alpha value is -2.23. The molecule has 0 aliphatic carbocycles. The van der Waals surface area contributed by atoms with Gasteiger partial charge in [0.05, 0.1) is 19.0 Å². The van der Waals surface area contributed by atoms with Crippen molar-refractivity contribution in [1.29, 1.82) is 0 Å². The third-order valence-electron chi connectivity index (χ3n) is 3.69. The summed E-state index contributed by atoms with van der Waals surface area (Å²) < 4.78 is 16.6. The van der Waals surface area contributed by atoms with Gasteiger partial charge in [-0.05, 0) is 0 Å². The zero-order valence-electron chi connectivity index (χ0n) is 11.8. The summed E-state index contributed by atoms with van der Waals surface area (Å²) in [6, 6.07) is 0. The van der Waals surface area contributed by atoms with Gasteiger partial charge in [0.2, 0.25) is 5.78 Å². The van der Waals surface area contributed by atoms with Crippen LogP contribution in [-0.2, 0) is 4.74 Å². The third kappa shape index (κ3) is 1.71. The summed E-state index contributed by atoms with van der Waals surface area (Å²) in [6.45, 7) is -0.321. The number of aromatic amines is 1. The van der Waals surface area contributed by atoms with Crippen LogP contribution in [0.2, 0.25) is 0 Å². The molecule has 0 bridgehead atoms. The first kappa shape index (κ1) is 11.4. The largest absolute Gasteiger partial charge is 0.394 e. The molecule has 0 aromatic carbocycles. The highest BCUT2D eigenvalue weighted by Crippen LogP contribution is 2.30. The molecule has 3 aromatic heterocycles. The van der Waals surface area contributed by atoms with Crippen LogP contribution in [0.4, 0.5) is 0 Å². The number of aliphatic hydroxyl groups excluding tert-OH is 2. The minimum absolute atomic E-state index is 0.0982. The number of H-pyrrole nitrogens is 1. The zero-order valence-corrected chi connectivity index (χ0v) is 10.8. The number of hydrogen-bond acceptors (Lipinski definition) is 6. The van der Waals surface area contributed by atoms with Crippen molar-refractivity contribution in [3.63, 3.8) is 0 Å². The molecule has 0 saturated carbocycles. The van der Waals surface area contributed by atoms with Crippen LogP contribution in [0.15, 0.2) is 23.5 Å². The van der Waals surface area contributed by atoms with Gasteiger partial charge < -0.3 is 14.9 Å². The smallest absolute Gasteiger partial charge is 0.280 e. The van der Waals surface area contributed by atoms with Crippen molar-refractivity contribution >= 4 is 16.9 Å². The molecule has 0 unspecified atom stereocenters. The molecule has 21 heavy (non-hydrogen) atoms. The SMILES string of the molecule is [2H]c1nc2c(=O)[nH]c3n[13cH][13cH]n3c2n1[C@H]1C[C@@H](O)[C@@H](CO)O1. The first-order chi connectivity index (χ1) is 10.6. The lowest BCUT2D eigenvalue weighted by Crippen LogP contribution is -2.24. The van der Waals surface area contributed by atoms with Crippen LogP contribution in [0.1, 0.15) is 14.0 Å². The molecular weight excluding hydrogens is 280 g/mol. The minimum atomic E-state index is -0.841. The van der Waals surface area contributed by atoms with Crippen molar-refractivity contribution in [3.8, 4) is 0 Å². The van der Waals surface area contributed by atoms with Gasteiger partial charge in [0.1, 0.15) is 13.7 Å². The van der Waals surface area contributed by atoms with Crippen molar-refractivity contribution in [3.05, 3.63) is 29.1 Å². The highest BCUT2D eigenvalue weighted by molar-refractivity contribution is 5.72. The first-order valence-electron chi connectivity index (χ1n) is 6.98. The van der Waals surface area contributed by atoms with Gasteiger partial charge in [-0.2, -0.15) is 0 Å². The number of fused-ring (bicyclic) bond motifs is 3. The van der Waals surface area contributed by atoms with E-state index in [2.05, 4.69) is 15.0 Å². The average Bonchev–Trinajstić information content (AvgIpc) is 3.15. The fourth-order valence-electron chi connectivity index (χ4n) is 2.66. The van der Waals surface area contributed by atoms with Crippen molar-refractivity contribution in [2.75, 3.05) is 6.61 Å². The average molecular weight is 294 g/mol. The molecule has 3 atom stereocenters. The van der Waals surface area contributed by atoms with Gasteiger partial charge in [0.25, 0.3) is 5.56 Å². The second kappa shape index (κ2) is 4.38. The lowest BCUT2D eigenvalue weighted by molar-refractivity contribution is -0.0432.